The smallest absolute Gasteiger partial charge is 0.331 e. The molecule has 0 radical (unpaired) electrons. The van der Waals surface area contributed by atoms with Crippen LogP contribution in [0.5, 0.6) is 0 Å². The summed E-state index contributed by atoms with van der Waals surface area (Å²) in [6.07, 6.45) is 0.388. The molecule has 4 nitrogen and oxygen atoms in total. The zero-order chi connectivity index (χ0) is 14.0. The fraction of sp³-hybridized carbons (Fsp3) is 0.429. The Morgan fingerprint density at radius 3 is 2.74 bits per heavy atom. The molecule has 0 spiro atoms. The van der Waals surface area contributed by atoms with E-state index in [1.807, 2.05) is 19.1 Å². The number of nitrogens with zero attached hydrogens (tertiary/aromatic N) is 1. The second-order valence-electron chi connectivity index (χ2n) is 4.90. The third kappa shape index (κ3) is 2.76. The standard InChI is InChI=1S/C14H17NO3S/c1-9-4-2-3-5-11(9)13(14(17)18)15-7-10(8-19)6-12(15)16/h2-5,10,13,19H,6-8H2,1H3,(H,17,18). The summed E-state index contributed by atoms with van der Waals surface area (Å²) in [7, 11) is 0. The first-order chi connectivity index (χ1) is 9.04. The average molecular weight is 279 g/mol. The van der Waals surface area contributed by atoms with Gasteiger partial charge in [0, 0.05) is 13.0 Å². The first kappa shape index (κ1) is 13.9. The van der Waals surface area contributed by atoms with Gasteiger partial charge in [0.1, 0.15) is 0 Å². The molecule has 102 valence electrons. The molecule has 1 aliphatic rings. The van der Waals surface area contributed by atoms with Crippen molar-refractivity contribution in [2.75, 3.05) is 12.3 Å². The first-order valence-electron chi connectivity index (χ1n) is 6.23. The maximum atomic E-state index is 12.0. The highest BCUT2D eigenvalue weighted by atomic mass is 32.1. The Bertz CT molecular complexity index is 503. The van der Waals surface area contributed by atoms with Crippen molar-refractivity contribution in [1.82, 2.24) is 4.90 Å². The summed E-state index contributed by atoms with van der Waals surface area (Å²) in [5.74, 6) is -0.346. The molecule has 2 atom stereocenters. The minimum Gasteiger partial charge on any atom is -0.479 e. The minimum absolute atomic E-state index is 0.102. The summed E-state index contributed by atoms with van der Waals surface area (Å²) in [6, 6.07) is 6.41. The Morgan fingerprint density at radius 2 is 2.21 bits per heavy atom. The monoisotopic (exact) mass is 279 g/mol. The molecular weight excluding hydrogens is 262 g/mol. The van der Waals surface area contributed by atoms with Crippen LogP contribution in [0.4, 0.5) is 0 Å². The maximum absolute atomic E-state index is 12.0. The van der Waals surface area contributed by atoms with Gasteiger partial charge in [0.05, 0.1) is 0 Å². The number of hydrogen-bond donors (Lipinski definition) is 2. The van der Waals surface area contributed by atoms with Gasteiger partial charge in [0.15, 0.2) is 6.04 Å². The number of amides is 1. The van der Waals surface area contributed by atoms with Gasteiger partial charge < -0.3 is 10.0 Å². The minimum atomic E-state index is -0.984. The summed E-state index contributed by atoms with van der Waals surface area (Å²) in [4.78, 5) is 25.0. The normalized spacial score (nSPS) is 20.6. The van der Waals surface area contributed by atoms with Crippen molar-refractivity contribution in [3.63, 3.8) is 0 Å². The molecule has 1 heterocycles. The predicted molar refractivity (Wildman–Crippen MR) is 75.2 cm³/mol. The van der Waals surface area contributed by atoms with Crippen LogP contribution < -0.4 is 0 Å². The van der Waals surface area contributed by atoms with Crippen LogP contribution in [0.3, 0.4) is 0 Å². The lowest BCUT2D eigenvalue weighted by molar-refractivity contribution is -0.148. The number of aryl methyl sites for hydroxylation is 1. The molecule has 1 aliphatic heterocycles. The third-order valence-electron chi connectivity index (χ3n) is 3.53. The van der Waals surface area contributed by atoms with E-state index in [1.54, 1.807) is 12.1 Å². The van der Waals surface area contributed by atoms with Gasteiger partial charge in [0.2, 0.25) is 5.91 Å². The number of rotatable bonds is 4. The molecule has 1 aromatic rings. The number of likely N-dealkylation sites (tertiary alicyclic amines) is 1. The summed E-state index contributed by atoms with van der Waals surface area (Å²) < 4.78 is 0. The van der Waals surface area contributed by atoms with Crippen LogP contribution in [0.15, 0.2) is 24.3 Å². The predicted octanol–water partition coefficient (Wildman–Crippen LogP) is 1.90. The molecule has 1 fully saturated rings. The Balaban J connectivity index is 2.35. The quantitative estimate of drug-likeness (QED) is 0.828. The fourth-order valence-corrected chi connectivity index (χ4v) is 2.75. The Kier molecular flexibility index (Phi) is 4.14. The van der Waals surface area contributed by atoms with Gasteiger partial charge in [0.25, 0.3) is 0 Å². The number of carbonyl (C=O) groups excluding carboxylic acids is 1. The van der Waals surface area contributed by atoms with Crippen LogP contribution in [0.2, 0.25) is 0 Å². The summed E-state index contributed by atoms with van der Waals surface area (Å²) in [5, 5.41) is 9.48. The molecule has 0 aliphatic carbocycles. The molecule has 19 heavy (non-hydrogen) atoms. The summed E-state index contributed by atoms with van der Waals surface area (Å²) in [5.41, 5.74) is 1.57. The van der Waals surface area contributed by atoms with Crippen molar-refractivity contribution in [3.05, 3.63) is 35.4 Å². The second kappa shape index (κ2) is 5.65. The molecule has 0 aromatic heterocycles. The van der Waals surface area contributed by atoms with Gasteiger partial charge in [-0.25, -0.2) is 4.79 Å². The topological polar surface area (TPSA) is 57.6 Å². The molecule has 0 bridgehead atoms. The molecule has 1 aromatic carbocycles. The van der Waals surface area contributed by atoms with Gasteiger partial charge in [-0.15, -0.1) is 0 Å². The van der Waals surface area contributed by atoms with Crippen molar-refractivity contribution in [1.29, 1.82) is 0 Å². The van der Waals surface area contributed by atoms with Crippen molar-refractivity contribution in [2.45, 2.75) is 19.4 Å². The molecule has 2 unspecified atom stereocenters. The lowest BCUT2D eigenvalue weighted by Crippen LogP contribution is -2.35. The van der Waals surface area contributed by atoms with E-state index in [-0.39, 0.29) is 11.8 Å². The number of carbonyl (C=O) groups is 2. The SMILES string of the molecule is Cc1ccccc1C(C(=O)O)N1CC(CS)CC1=O. The van der Waals surface area contributed by atoms with E-state index < -0.39 is 12.0 Å². The zero-order valence-corrected chi connectivity index (χ0v) is 11.6. The highest BCUT2D eigenvalue weighted by Crippen LogP contribution is 2.31. The van der Waals surface area contributed by atoms with Crippen LogP contribution in [-0.2, 0) is 9.59 Å². The molecule has 0 saturated carbocycles. The molecular formula is C14H17NO3S. The fourth-order valence-electron chi connectivity index (χ4n) is 2.51. The lowest BCUT2D eigenvalue weighted by atomic mass is 10.0. The molecule has 1 amide bonds. The van der Waals surface area contributed by atoms with Gasteiger partial charge in [-0.1, -0.05) is 24.3 Å². The summed E-state index contributed by atoms with van der Waals surface area (Å²) in [6.45, 7) is 2.33. The largest absolute Gasteiger partial charge is 0.479 e. The first-order valence-corrected chi connectivity index (χ1v) is 6.86. The second-order valence-corrected chi connectivity index (χ2v) is 5.26. The maximum Gasteiger partial charge on any atom is 0.331 e. The van der Waals surface area contributed by atoms with Crippen molar-refractivity contribution < 1.29 is 14.7 Å². The van der Waals surface area contributed by atoms with E-state index in [0.29, 0.717) is 24.3 Å². The Morgan fingerprint density at radius 1 is 1.53 bits per heavy atom. The lowest BCUT2D eigenvalue weighted by Gasteiger charge is -2.26. The van der Waals surface area contributed by atoms with Crippen LogP contribution >= 0.6 is 12.6 Å². The molecule has 5 heteroatoms. The van der Waals surface area contributed by atoms with E-state index in [2.05, 4.69) is 12.6 Å². The third-order valence-corrected chi connectivity index (χ3v) is 4.04. The van der Waals surface area contributed by atoms with Gasteiger partial charge in [-0.3, -0.25) is 4.79 Å². The Labute approximate surface area is 117 Å². The highest BCUT2D eigenvalue weighted by Gasteiger charge is 2.38. The molecule has 2 rings (SSSR count). The van der Waals surface area contributed by atoms with Crippen LogP contribution in [-0.4, -0.2) is 34.2 Å². The van der Waals surface area contributed by atoms with Crippen molar-refractivity contribution in [3.8, 4) is 0 Å². The van der Waals surface area contributed by atoms with Crippen molar-refractivity contribution >= 4 is 24.5 Å². The van der Waals surface area contributed by atoms with Crippen molar-refractivity contribution in [2.24, 2.45) is 5.92 Å². The Hall–Kier alpha value is -1.49. The van der Waals surface area contributed by atoms with E-state index in [4.69, 9.17) is 0 Å². The van der Waals surface area contributed by atoms with E-state index >= 15 is 0 Å². The molecule has 1 N–H and O–H groups in total. The van der Waals surface area contributed by atoms with Crippen LogP contribution in [0, 0.1) is 12.8 Å². The number of carboxylic acid groups (broad SMARTS) is 1. The average Bonchev–Trinajstić information content (AvgIpc) is 2.73. The van der Waals surface area contributed by atoms with Gasteiger partial charge in [-0.2, -0.15) is 12.6 Å². The van der Waals surface area contributed by atoms with Crippen LogP contribution in [0.25, 0.3) is 0 Å². The van der Waals surface area contributed by atoms with Gasteiger partial charge >= 0.3 is 5.97 Å². The molecule has 1 saturated heterocycles. The van der Waals surface area contributed by atoms with Crippen LogP contribution in [0.1, 0.15) is 23.6 Å². The number of benzene rings is 1. The number of carboxylic acids is 1. The van der Waals surface area contributed by atoms with E-state index in [0.717, 1.165) is 5.56 Å². The number of thiol groups is 1. The number of aliphatic carboxylic acids is 1. The zero-order valence-electron chi connectivity index (χ0n) is 10.7. The summed E-state index contributed by atoms with van der Waals surface area (Å²) >= 11 is 4.20. The number of hydrogen-bond acceptors (Lipinski definition) is 3. The highest BCUT2D eigenvalue weighted by molar-refractivity contribution is 7.80. The van der Waals surface area contributed by atoms with E-state index in [1.165, 1.54) is 4.90 Å². The van der Waals surface area contributed by atoms with E-state index in [9.17, 15) is 14.7 Å². The van der Waals surface area contributed by atoms with Gasteiger partial charge in [-0.05, 0) is 29.7 Å².